The van der Waals surface area contributed by atoms with Gasteiger partial charge in [-0.05, 0) is 25.0 Å². The Bertz CT molecular complexity index is 430. The lowest BCUT2D eigenvalue weighted by Crippen LogP contribution is -2.23. The quantitative estimate of drug-likeness (QED) is 0.840. The van der Waals surface area contributed by atoms with Crippen molar-refractivity contribution in [1.29, 1.82) is 0 Å². The number of hydrogen-bond acceptors (Lipinski definition) is 3. The summed E-state index contributed by atoms with van der Waals surface area (Å²) in [4.78, 5) is 12.7. The highest BCUT2D eigenvalue weighted by molar-refractivity contribution is 5.77. The number of halogens is 1. The molecule has 2 rings (SSSR count). The van der Waals surface area contributed by atoms with E-state index in [1.807, 2.05) is 4.90 Å². The van der Waals surface area contributed by atoms with E-state index in [0.717, 1.165) is 25.9 Å². The van der Waals surface area contributed by atoms with Gasteiger partial charge in [-0.15, -0.1) is 0 Å². The van der Waals surface area contributed by atoms with Crippen LogP contribution in [0.4, 0.5) is 10.1 Å². The van der Waals surface area contributed by atoms with Crippen LogP contribution < -0.4 is 4.90 Å². The summed E-state index contributed by atoms with van der Waals surface area (Å²) in [5, 5.41) is 18.3. The number of carboxylic acid groups (broad SMARTS) is 1. The fourth-order valence-electron chi connectivity index (χ4n) is 2.15. The van der Waals surface area contributed by atoms with Crippen LogP contribution in [0, 0.1) is 5.82 Å². The summed E-state index contributed by atoms with van der Waals surface area (Å²) in [6.07, 6.45) is 0.185. The minimum absolute atomic E-state index is 0.137. The van der Waals surface area contributed by atoms with Crippen LogP contribution in [0.25, 0.3) is 0 Å². The van der Waals surface area contributed by atoms with Gasteiger partial charge >= 0.3 is 5.97 Å². The third-order valence-electron chi connectivity index (χ3n) is 2.98. The summed E-state index contributed by atoms with van der Waals surface area (Å²) in [5.41, 5.74) is 0.347. The first-order valence-corrected chi connectivity index (χ1v) is 5.55. The summed E-state index contributed by atoms with van der Waals surface area (Å²) in [6, 6.07) is 4.35. The molecule has 1 aromatic carbocycles. The molecule has 0 radical (unpaired) electrons. The molecule has 0 spiro atoms. The number of carboxylic acids is 1. The highest BCUT2D eigenvalue weighted by Crippen LogP contribution is 2.31. The van der Waals surface area contributed by atoms with Crippen LogP contribution in [0.2, 0.25) is 0 Å². The molecule has 0 aliphatic carbocycles. The van der Waals surface area contributed by atoms with Gasteiger partial charge in [-0.2, -0.15) is 0 Å². The molecule has 0 bridgehead atoms. The van der Waals surface area contributed by atoms with Crippen molar-refractivity contribution in [3.05, 3.63) is 29.6 Å². The van der Waals surface area contributed by atoms with E-state index in [-0.39, 0.29) is 5.56 Å². The van der Waals surface area contributed by atoms with Crippen LogP contribution in [-0.4, -0.2) is 29.3 Å². The second-order valence-electron chi connectivity index (χ2n) is 4.11. The maximum atomic E-state index is 13.7. The molecule has 5 heteroatoms. The van der Waals surface area contributed by atoms with Crippen LogP contribution in [0.15, 0.2) is 18.2 Å². The molecule has 1 aromatic rings. The number of hydrogen-bond donors (Lipinski definition) is 2. The van der Waals surface area contributed by atoms with Gasteiger partial charge in [0, 0.05) is 18.8 Å². The highest BCUT2D eigenvalue weighted by atomic mass is 19.1. The molecular formula is C12H14FNO3. The Morgan fingerprint density at radius 1 is 1.35 bits per heavy atom. The molecule has 17 heavy (non-hydrogen) atoms. The van der Waals surface area contributed by atoms with Crippen molar-refractivity contribution in [2.45, 2.75) is 18.9 Å². The van der Waals surface area contributed by atoms with E-state index in [1.165, 1.54) is 12.1 Å². The monoisotopic (exact) mass is 239 g/mol. The molecule has 1 fully saturated rings. The van der Waals surface area contributed by atoms with E-state index in [1.54, 1.807) is 6.07 Å². The lowest BCUT2D eigenvalue weighted by atomic mass is 10.1. The molecule has 1 aliphatic rings. The van der Waals surface area contributed by atoms with Gasteiger partial charge in [0.05, 0.1) is 5.56 Å². The van der Waals surface area contributed by atoms with Crippen LogP contribution in [0.1, 0.15) is 24.5 Å². The fourth-order valence-corrected chi connectivity index (χ4v) is 2.15. The van der Waals surface area contributed by atoms with Crippen molar-refractivity contribution in [3.8, 4) is 0 Å². The van der Waals surface area contributed by atoms with Crippen molar-refractivity contribution in [2.75, 3.05) is 18.0 Å². The maximum absolute atomic E-state index is 13.7. The molecule has 2 N–H and O–H groups in total. The fraction of sp³-hybridized carbons (Fsp3) is 0.417. The number of aliphatic hydroxyl groups excluding tert-OH is 1. The van der Waals surface area contributed by atoms with E-state index in [9.17, 15) is 14.3 Å². The summed E-state index contributed by atoms with van der Waals surface area (Å²) < 4.78 is 13.7. The summed E-state index contributed by atoms with van der Waals surface area (Å²) >= 11 is 0. The number of rotatable bonds is 3. The number of anilines is 1. The van der Waals surface area contributed by atoms with Crippen molar-refractivity contribution in [3.63, 3.8) is 0 Å². The Hall–Kier alpha value is -1.62. The molecule has 1 heterocycles. The standard InChI is InChI=1S/C12H14FNO3/c13-8-4-3-5-9(14-6-1-2-7-14)10(8)11(15)12(16)17/h3-5,11,15H,1-2,6-7H2,(H,16,17). The first-order chi connectivity index (χ1) is 8.11. The second kappa shape index (κ2) is 4.71. The Morgan fingerprint density at radius 2 is 2.00 bits per heavy atom. The van der Waals surface area contributed by atoms with E-state index in [2.05, 4.69) is 0 Å². The predicted octanol–water partition coefficient (Wildman–Crippen LogP) is 1.54. The van der Waals surface area contributed by atoms with Gasteiger partial charge < -0.3 is 15.1 Å². The molecule has 92 valence electrons. The molecule has 0 aromatic heterocycles. The molecule has 1 unspecified atom stereocenters. The van der Waals surface area contributed by atoms with E-state index >= 15 is 0 Å². The zero-order valence-corrected chi connectivity index (χ0v) is 9.27. The smallest absolute Gasteiger partial charge is 0.337 e. The zero-order valence-electron chi connectivity index (χ0n) is 9.27. The normalized spacial score (nSPS) is 17.2. The molecule has 1 aliphatic heterocycles. The largest absolute Gasteiger partial charge is 0.479 e. The zero-order chi connectivity index (χ0) is 12.4. The lowest BCUT2D eigenvalue weighted by Gasteiger charge is -2.22. The minimum atomic E-state index is -1.81. The molecule has 4 nitrogen and oxygen atoms in total. The Labute approximate surface area is 98.3 Å². The van der Waals surface area contributed by atoms with Crippen molar-refractivity contribution in [2.24, 2.45) is 0 Å². The van der Waals surface area contributed by atoms with Crippen LogP contribution in [-0.2, 0) is 4.79 Å². The number of carbonyl (C=O) groups is 1. The van der Waals surface area contributed by atoms with Crippen LogP contribution in [0.5, 0.6) is 0 Å². The number of benzene rings is 1. The molecule has 0 amide bonds. The van der Waals surface area contributed by atoms with Crippen molar-refractivity contribution in [1.82, 2.24) is 0 Å². The van der Waals surface area contributed by atoms with Crippen LogP contribution in [0.3, 0.4) is 0 Å². The molecule has 1 atom stereocenters. The third-order valence-corrected chi connectivity index (χ3v) is 2.98. The molecular weight excluding hydrogens is 225 g/mol. The van der Waals surface area contributed by atoms with Gasteiger partial charge in [-0.25, -0.2) is 9.18 Å². The van der Waals surface area contributed by atoms with Gasteiger partial charge in [0.15, 0.2) is 6.10 Å². The first kappa shape index (κ1) is 11.9. The number of aliphatic carboxylic acids is 1. The Morgan fingerprint density at radius 3 is 2.59 bits per heavy atom. The number of nitrogens with zero attached hydrogens (tertiary/aromatic N) is 1. The van der Waals surface area contributed by atoms with Gasteiger partial charge in [-0.1, -0.05) is 6.07 Å². The SMILES string of the molecule is O=C(O)C(O)c1c(F)cccc1N1CCCC1. The topological polar surface area (TPSA) is 60.8 Å². The highest BCUT2D eigenvalue weighted by Gasteiger charge is 2.26. The lowest BCUT2D eigenvalue weighted by molar-refractivity contribution is -0.147. The van der Waals surface area contributed by atoms with Crippen molar-refractivity contribution >= 4 is 11.7 Å². The van der Waals surface area contributed by atoms with Gasteiger partial charge in [0.25, 0.3) is 0 Å². The van der Waals surface area contributed by atoms with Gasteiger partial charge in [0.2, 0.25) is 0 Å². The van der Waals surface area contributed by atoms with Gasteiger partial charge in [-0.3, -0.25) is 0 Å². The van der Waals surface area contributed by atoms with E-state index in [0.29, 0.717) is 5.69 Å². The van der Waals surface area contributed by atoms with Gasteiger partial charge in [0.1, 0.15) is 5.82 Å². The third kappa shape index (κ3) is 2.24. The average molecular weight is 239 g/mol. The van der Waals surface area contributed by atoms with Crippen molar-refractivity contribution < 1.29 is 19.4 Å². The van der Waals surface area contributed by atoms with Crippen LogP contribution >= 0.6 is 0 Å². The molecule has 1 saturated heterocycles. The first-order valence-electron chi connectivity index (χ1n) is 5.55. The molecule has 0 saturated carbocycles. The van der Waals surface area contributed by atoms with E-state index in [4.69, 9.17) is 5.11 Å². The summed E-state index contributed by atoms with van der Waals surface area (Å²) in [5.74, 6) is -2.11. The summed E-state index contributed by atoms with van der Waals surface area (Å²) in [7, 11) is 0. The second-order valence-corrected chi connectivity index (χ2v) is 4.11. The average Bonchev–Trinajstić information content (AvgIpc) is 2.81. The Kier molecular flexibility index (Phi) is 3.28. The predicted molar refractivity (Wildman–Crippen MR) is 60.4 cm³/mol. The number of aliphatic hydroxyl groups is 1. The Balaban J connectivity index is 2.43. The minimum Gasteiger partial charge on any atom is -0.479 e. The maximum Gasteiger partial charge on any atom is 0.337 e. The van der Waals surface area contributed by atoms with E-state index < -0.39 is 17.9 Å². The summed E-state index contributed by atoms with van der Waals surface area (Å²) in [6.45, 7) is 1.53.